The number of hydrogen-bond donors (Lipinski definition) is 1. The van der Waals surface area contributed by atoms with Gasteiger partial charge in [0.2, 0.25) is 10.0 Å². The fourth-order valence-electron chi connectivity index (χ4n) is 1.82. The van der Waals surface area contributed by atoms with Crippen molar-refractivity contribution in [1.82, 2.24) is 0 Å². The average Bonchev–Trinajstić information content (AvgIpc) is 2.35. The van der Waals surface area contributed by atoms with Crippen LogP contribution in [0.3, 0.4) is 0 Å². The lowest BCUT2D eigenvalue weighted by molar-refractivity contribution is 0.306. The van der Waals surface area contributed by atoms with E-state index in [-0.39, 0.29) is 4.90 Å². The van der Waals surface area contributed by atoms with E-state index in [1.807, 2.05) is 18.2 Å². The van der Waals surface area contributed by atoms with Crippen LogP contribution >= 0.6 is 11.6 Å². The largest absolute Gasteiger partial charge is 0.489 e. The molecule has 0 radical (unpaired) electrons. The van der Waals surface area contributed by atoms with Crippen molar-refractivity contribution in [3.63, 3.8) is 0 Å². The van der Waals surface area contributed by atoms with Crippen LogP contribution in [0.25, 0.3) is 0 Å². The quantitative estimate of drug-likeness (QED) is 0.944. The van der Waals surface area contributed by atoms with E-state index in [1.165, 1.54) is 6.07 Å². The van der Waals surface area contributed by atoms with Crippen molar-refractivity contribution >= 4 is 21.6 Å². The van der Waals surface area contributed by atoms with Gasteiger partial charge < -0.3 is 4.74 Å². The maximum absolute atomic E-state index is 11.3. The number of ether oxygens (including phenoxy) is 1. The fraction of sp³-hybridized carbons (Fsp3) is 0.143. The Morgan fingerprint density at radius 2 is 1.95 bits per heavy atom. The summed E-state index contributed by atoms with van der Waals surface area (Å²) >= 11 is 5.89. The normalized spacial score (nSPS) is 11.3. The van der Waals surface area contributed by atoms with Crippen LogP contribution in [0.5, 0.6) is 5.75 Å². The summed E-state index contributed by atoms with van der Waals surface area (Å²) in [6.45, 7) is 2.03. The lowest BCUT2D eigenvalue weighted by atomic mass is 10.2. The summed E-state index contributed by atoms with van der Waals surface area (Å²) in [6, 6.07) is 12.0. The Hall–Kier alpha value is -1.56. The van der Waals surface area contributed by atoms with Gasteiger partial charge in [0.25, 0.3) is 0 Å². The van der Waals surface area contributed by atoms with Gasteiger partial charge in [-0.25, -0.2) is 13.6 Å². The molecule has 0 amide bonds. The fourth-order valence-corrected chi connectivity index (χ4v) is 2.80. The van der Waals surface area contributed by atoms with Crippen LogP contribution in [0.15, 0.2) is 47.4 Å². The lowest BCUT2D eigenvalue weighted by Crippen LogP contribution is -2.13. The van der Waals surface area contributed by atoms with E-state index in [0.717, 1.165) is 5.56 Å². The first-order chi connectivity index (χ1) is 9.36. The molecule has 4 nitrogen and oxygen atoms in total. The summed E-state index contributed by atoms with van der Waals surface area (Å²) in [4.78, 5) is 0.104. The molecule has 0 heterocycles. The Bertz CT molecular complexity index is 729. The van der Waals surface area contributed by atoms with E-state index < -0.39 is 10.0 Å². The third-order valence-electron chi connectivity index (χ3n) is 2.75. The van der Waals surface area contributed by atoms with E-state index in [4.69, 9.17) is 21.5 Å². The summed E-state index contributed by atoms with van der Waals surface area (Å²) in [5.74, 6) is 0.579. The number of halogens is 1. The van der Waals surface area contributed by atoms with Gasteiger partial charge in [-0.3, -0.25) is 0 Å². The van der Waals surface area contributed by atoms with Gasteiger partial charge in [-0.15, -0.1) is 0 Å². The molecular formula is C14H14ClNO3S. The maximum atomic E-state index is 11.3. The van der Waals surface area contributed by atoms with Crippen molar-refractivity contribution in [3.8, 4) is 5.75 Å². The highest BCUT2D eigenvalue weighted by Gasteiger charge is 2.11. The van der Waals surface area contributed by atoms with Crippen molar-refractivity contribution in [2.24, 2.45) is 5.14 Å². The summed E-state index contributed by atoms with van der Waals surface area (Å²) in [6.07, 6.45) is 0. The summed E-state index contributed by atoms with van der Waals surface area (Å²) in [7, 11) is -3.70. The molecule has 0 aromatic heterocycles. The Labute approximate surface area is 123 Å². The Morgan fingerprint density at radius 3 is 2.55 bits per heavy atom. The molecule has 0 saturated heterocycles. The van der Waals surface area contributed by atoms with Crippen LogP contribution in [0.4, 0.5) is 0 Å². The topological polar surface area (TPSA) is 69.4 Å². The monoisotopic (exact) mass is 311 g/mol. The minimum absolute atomic E-state index is 0.104. The van der Waals surface area contributed by atoms with Crippen molar-refractivity contribution in [1.29, 1.82) is 0 Å². The van der Waals surface area contributed by atoms with Gasteiger partial charge >= 0.3 is 0 Å². The third-order valence-corrected chi connectivity index (χ3v) is 4.05. The molecule has 0 fully saturated rings. The molecule has 0 atom stereocenters. The van der Waals surface area contributed by atoms with Crippen LogP contribution in [0.2, 0.25) is 5.02 Å². The minimum atomic E-state index is -3.70. The highest BCUT2D eigenvalue weighted by molar-refractivity contribution is 7.89. The molecule has 0 bridgehead atoms. The lowest BCUT2D eigenvalue weighted by Gasteiger charge is -2.09. The predicted molar refractivity (Wildman–Crippen MR) is 78.3 cm³/mol. The van der Waals surface area contributed by atoms with Gasteiger partial charge in [0.1, 0.15) is 12.4 Å². The van der Waals surface area contributed by atoms with Crippen LogP contribution in [0.1, 0.15) is 11.1 Å². The number of rotatable bonds is 4. The van der Waals surface area contributed by atoms with E-state index in [1.54, 1.807) is 25.1 Å². The Morgan fingerprint density at radius 1 is 1.20 bits per heavy atom. The molecule has 20 heavy (non-hydrogen) atoms. The van der Waals surface area contributed by atoms with Gasteiger partial charge in [-0.2, -0.15) is 0 Å². The van der Waals surface area contributed by atoms with Gasteiger partial charge in [-0.05, 0) is 48.4 Å². The van der Waals surface area contributed by atoms with Crippen LogP contribution in [-0.2, 0) is 16.6 Å². The number of nitrogens with two attached hydrogens (primary N) is 1. The van der Waals surface area contributed by atoms with Crippen molar-refractivity contribution in [2.75, 3.05) is 0 Å². The molecule has 6 heteroatoms. The summed E-state index contributed by atoms with van der Waals surface area (Å²) < 4.78 is 28.2. The predicted octanol–water partition coefficient (Wildman–Crippen LogP) is 2.87. The zero-order valence-electron chi connectivity index (χ0n) is 10.8. The third kappa shape index (κ3) is 3.72. The summed E-state index contributed by atoms with van der Waals surface area (Å²) in [5, 5.41) is 5.75. The second-order valence-corrected chi connectivity index (χ2v) is 6.36. The number of aryl methyl sites for hydroxylation is 1. The molecule has 0 unspecified atom stereocenters. The van der Waals surface area contributed by atoms with Crippen molar-refractivity contribution in [2.45, 2.75) is 18.4 Å². The highest BCUT2D eigenvalue weighted by Crippen LogP contribution is 2.21. The van der Waals surface area contributed by atoms with Crippen LogP contribution < -0.4 is 9.88 Å². The molecule has 0 aliphatic carbocycles. The Kier molecular flexibility index (Phi) is 4.32. The van der Waals surface area contributed by atoms with E-state index in [0.29, 0.717) is 22.9 Å². The van der Waals surface area contributed by atoms with Crippen molar-refractivity contribution in [3.05, 3.63) is 58.6 Å². The first kappa shape index (κ1) is 14.8. The average molecular weight is 312 g/mol. The molecule has 0 spiro atoms. The van der Waals surface area contributed by atoms with Crippen LogP contribution in [-0.4, -0.2) is 8.42 Å². The first-order valence-corrected chi connectivity index (χ1v) is 7.79. The minimum Gasteiger partial charge on any atom is -0.489 e. The molecular weight excluding hydrogens is 298 g/mol. The molecule has 2 N–H and O–H groups in total. The smallest absolute Gasteiger partial charge is 0.238 e. The van der Waals surface area contributed by atoms with Gasteiger partial charge in [0, 0.05) is 5.02 Å². The SMILES string of the molecule is Cc1cc(OCc2cccc(Cl)c2)ccc1S(N)(=O)=O. The number of hydrogen-bond acceptors (Lipinski definition) is 3. The van der Waals surface area contributed by atoms with E-state index in [2.05, 4.69) is 0 Å². The second kappa shape index (κ2) is 5.83. The zero-order chi connectivity index (χ0) is 14.8. The molecule has 0 aliphatic heterocycles. The number of sulfonamides is 1. The van der Waals surface area contributed by atoms with Gasteiger partial charge in [-0.1, -0.05) is 23.7 Å². The number of benzene rings is 2. The molecule has 106 valence electrons. The van der Waals surface area contributed by atoms with Crippen LogP contribution in [0, 0.1) is 6.92 Å². The second-order valence-electron chi connectivity index (χ2n) is 4.39. The maximum Gasteiger partial charge on any atom is 0.238 e. The standard InChI is InChI=1S/C14H14ClNO3S/c1-10-7-13(5-6-14(10)20(16,17)18)19-9-11-3-2-4-12(15)8-11/h2-8H,9H2,1H3,(H2,16,17,18). The van der Waals surface area contributed by atoms with Crippen molar-refractivity contribution < 1.29 is 13.2 Å². The Balaban J connectivity index is 2.14. The first-order valence-electron chi connectivity index (χ1n) is 5.87. The highest BCUT2D eigenvalue weighted by atomic mass is 35.5. The summed E-state index contributed by atoms with van der Waals surface area (Å²) in [5.41, 5.74) is 1.49. The molecule has 0 aliphatic rings. The molecule has 0 saturated carbocycles. The molecule has 2 aromatic rings. The van der Waals surface area contributed by atoms with Gasteiger partial charge in [0.05, 0.1) is 4.90 Å². The zero-order valence-corrected chi connectivity index (χ0v) is 12.4. The molecule has 2 aromatic carbocycles. The van der Waals surface area contributed by atoms with E-state index >= 15 is 0 Å². The number of primary sulfonamides is 1. The molecule has 2 rings (SSSR count). The van der Waals surface area contributed by atoms with E-state index in [9.17, 15) is 8.42 Å². The van der Waals surface area contributed by atoms with Gasteiger partial charge in [0.15, 0.2) is 0 Å².